The minimum Gasteiger partial charge on any atom is -0.494 e. The van der Waals surface area contributed by atoms with E-state index in [1.165, 1.54) is 109 Å². The van der Waals surface area contributed by atoms with E-state index in [1.54, 1.807) is 24.3 Å². The Bertz CT molecular complexity index is 944. The maximum Gasteiger partial charge on any atom is 0.343 e. The molecule has 1 fully saturated rings. The van der Waals surface area contributed by atoms with Gasteiger partial charge < -0.3 is 14.2 Å². The highest BCUT2D eigenvalue weighted by Gasteiger charge is 2.20. The van der Waals surface area contributed by atoms with Crippen molar-refractivity contribution in [2.45, 2.75) is 136 Å². The van der Waals surface area contributed by atoms with Gasteiger partial charge in [-0.3, -0.25) is 0 Å². The predicted molar refractivity (Wildman–Crippen MR) is 175 cm³/mol. The van der Waals surface area contributed by atoms with Gasteiger partial charge in [0.1, 0.15) is 17.2 Å². The third-order valence-electron chi connectivity index (χ3n) is 8.85. The molecule has 0 heterocycles. The van der Waals surface area contributed by atoms with Crippen LogP contribution in [0.2, 0.25) is 0 Å². The molecule has 0 unspecified atom stereocenters. The molecule has 0 aliphatic heterocycles. The molecule has 0 atom stereocenters. The summed E-state index contributed by atoms with van der Waals surface area (Å²) in [6.45, 7) is 5.99. The van der Waals surface area contributed by atoms with Gasteiger partial charge in [0, 0.05) is 0 Å². The number of esters is 1. The van der Waals surface area contributed by atoms with E-state index in [1.807, 2.05) is 24.3 Å². The van der Waals surface area contributed by atoms with E-state index in [0.29, 0.717) is 17.9 Å². The van der Waals surface area contributed by atoms with Crippen LogP contribution in [0.3, 0.4) is 0 Å². The molecule has 1 saturated carbocycles. The number of carbonyl (C=O) groups is 1. The normalized spacial score (nSPS) is 16.7. The first kappa shape index (κ1) is 34.0. The van der Waals surface area contributed by atoms with E-state index in [4.69, 9.17) is 14.2 Å². The summed E-state index contributed by atoms with van der Waals surface area (Å²) < 4.78 is 17.4. The smallest absolute Gasteiger partial charge is 0.343 e. The van der Waals surface area contributed by atoms with E-state index in [-0.39, 0.29) is 5.97 Å². The fraction of sp³-hybridized carbons (Fsp3) is 0.658. The van der Waals surface area contributed by atoms with Crippen molar-refractivity contribution in [2.75, 3.05) is 13.2 Å². The second-order valence-electron chi connectivity index (χ2n) is 12.4. The molecular weight excluding hydrogens is 520 g/mol. The topological polar surface area (TPSA) is 44.8 Å². The molecule has 0 saturated heterocycles. The van der Waals surface area contributed by atoms with Crippen molar-refractivity contribution in [2.24, 2.45) is 11.8 Å². The Morgan fingerprint density at radius 3 is 1.55 bits per heavy atom. The van der Waals surface area contributed by atoms with Crippen LogP contribution in [-0.2, 0) is 0 Å². The number of unbranched alkanes of at least 4 members (excludes halogenated alkanes) is 10. The maximum absolute atomic E-state index is 12.6. The van der Waals surface area contributed by atoms with Crippen molar-refractivity contribution in [3.8, 4) is 17.2 Å². The Kier molecular flexibility index (Phi) is 17.2. The quantitative estimate of drug-likeness (QED) is 0.0792. The Morgan fingerprint density at radius 2 is 0.976 bits per heavy atom. The Balaban J connectivity index is 1.24. The number of carbonyl (C=O) groups excluding carboxylic acids is 1. The van der Waals surface area contributed by atoms with Crippen LogP contribution >= 0.6 is 0 Å². The third kappa shape index (κ3) is 14.1. The molecule has 4 nitrogen and oxygen atoms in total. The minimum atomic E-state index is -0.367. The van der Waals surface area contributed by atoms with Crippen LogP contribution in [0.4, 0.5) is 0 Å². The van der Waals surface area contributed by atoms with Gasteiger partial charge >= 0.3 is 5.97 Å². The summed E-state index contributed by atoms with van der Waals surface area (Å²) in [5.74, 6) is 3.62. The highest BCUT2D eigenvalue weighted by Crippen LogP contribution is 2.34. The van der Waals surface area contributed by atoms with E-state index >= 15 is 0 Å². The molecule has 3 rings (SSSR count). The van der Waals surface area contributed by atoms with Crippen molar-refractivity contribution in [1.82, 2.24) is 0 Å². The standard InChI is InChI=1S/C38H58O4/c1-3-5-7-9-10-12-14-30-40-35-24-22-34(23-25-35)38(39)42-37-28-26-36(27-29-37)41-31-15-17-33-20-18-32(19-21-33)16-13-11-8-6-4-2/h22-29,32-33H,3-21,30-31H2,1-2H3. The van der Waals surface area contributed by atoms with Gasteiger partial charge in [-0.25, -0.2) is 4.79 Å². The summed E-state index contributed by atoms with van der Waals surface area (Å²) in [6, 6.07) is 14.6. The van der Waals surface area contributed by atoms with Crippen LogP contribution in [0.5, 0.6) is 17.2 Å². The fourth-order valence-corrected chi connectivity index (χ4v) is 6.11. The lowest BCUT2D eigenvalue weighted by molar-refractivity contribution is 0.0734. The van der Waals surface area contributed by atoms with Crippen molar-refractivity contribution in [3.05, 3.63) is 54.1 Å². The molecule has 2 aromatic rings. The first-order chi connectivity index (χ1) is 20.7. The number of ether oxygens (including phenoxy) is 3. The predicted octanol–water partition coefficient (Wildman–Crippen LogP) is 11.4. The monoisotopic (exact) mass is 578 g/mol. The van der Waals surface area contributed by atoms with Crippen LogP contribution in [-0.4, -0.2) is 19.2 Å². The maximum atomic E-state index is 12.6. The third-order valence-corrected chi connectivity index (χ3v) is 8.85. The summed E-state index contributed by atoms with van der Waals surface area (Å²) in [5.41, 5.74) is 0.514. The van der Waals surface area contributed by atoms with Crippen molar-refractivity contribution >= 4 is 5.97 Å². The summed E-state index contributed by atoms with van der Waals surface area (Å²) >= 11 is 0. The van der Waals surface area contributed by atoms with Crippen molar-refractivity contribution in [3.63, 3.8) is 0 Å². The van der Waals surface area contributed by atoms with Crippen LogP contribution < -0.4 is 14.2 Å². The van der Waals surface area contributed by atoms with Gasteiger partial charge in [-0.1, -0.05) is 117 Å². The van der Waals surface area contributed by atoms with Gasteiger partial charge in [-0.15, -0.1) is 0 Å². The Labute approximate surface area is 256 Å². The van der Waals surface area contributed by atoms with Gasteiger partial charge in [0.05, 0.1) is 18.8 Å². The zero-order chi connectivity index (χ0) is 29.7. The molecule has 0 amide bonds. The van der Waals surface area contributed by atoms with E-state index in [2.05, 4.69) is 13.8 Å². The van der Waals surface area contributed by atoms with E-state index in [9.17, 15) is 4.79 Å². The second kappa shape index (κ2) is 21.2. The molecule has 234 valence electrons. The molecule has 0 spiro atoms. The molecule has 4 heteroatoms. The van der Waals surface area contributed by atoms with Crippen molar-refractivity contribution < 1.29 is 19.0 Å². The minimum absolute atomic E-state index is 0.367. The molecule has 0 bridgehead atoms. The van der Waals surface area contributed by atoms with Crippen LogP contribution in [0.15, 0.2) is 48.5 Å². The zero-order valence-corrected chi connectivity index (χ0v) is 26.8. The number of rotatable bonds is 22. The Morgan fingerprint density at radius 1 is 0.548 bits per heavy atom. The van der Waals surface area contributed by atoms with Crippen LogP contribution in [0.1, 0.15) is 146 Å². The lowest BCUT2D eigenvalue weighted by Gasteiger charge is -2.28. The molecule has 42 heavy (non-hydrogen) atoms. The van der Waals surface area contributed by atoms with Crippen LogP contribution in [0, 0.1) is 11.8 Å². The highest BCUT2D eigenvalue weighted by molar-refractivity contribution is 5.91. The van der Waals surface area contributed by atoms with E-state index < -0.39 is 0 Å². The van der Waals surface area contributed by atoms with E-state index in [0.717, 1.165) is 42.8 Å². The Hall–Kier alpha value is -2.49. The first-order valence-corrected chi connectivity index (χ1v) is 17.4. The van der Waals surface area contributed by atoms with Gasteiger partial charge in [0.25, 0.3) is 0 Å². The summed E-state index contributed by atoms with van der Waals surface area (Å²) in [4.78, 5) is 12.6. The van der Waals surface area contributed by atoms with Gasteiger partial charge in [-0.2, -0.15) is 0 Å². The lowest BCUT2D eigenvalue weighted by atomic mass is 9.78. The average Bonchev–Trinajstić information content (AvgIpc) is 3.02. The van der Waals surface area contributed by atoms with Gasteiger partial charge in [0.2, 0.25) is 0 Å². The molecular formula is C38H58O4. The highest BCUT2D eigenvalue weighted by atomic mass is 16.5. The number of benzene rings is 2. The SMILES string of the molecule is CCCCCCCCCOc1ccc(C(=O)Oc2ccc(OCCCC3CCC(CCCCCCC)CC3)cc2)cc1. The summed E-state index contributed by atoms with van der Waals surface area (Å²) in [7, 11) is 0. The molecule has 0 N–H and O–H groups in total. The molecule has 2 aromatic carbocycles. The zero-order valence-electron chi connectivity index (χ0n) is 26.8. The number of hydrogen-bond donors (Lipinski definition) is 0. The largest absolute Gasteiger partial charge is 0.494 e. The molecule has 1 aliphatic rings. The fourth-order valence-electron chi connectivity index (χ4n) is 6.11. The second-order valence-corrected chi connectivity index (χ2v) is 12.4. The molecule has 0 aromatic heterocycles. The van der Waals surface area contributed by atoms with Gasteiger partial charge in [0.15, 0.2) is 0 Å². The van der Waals surface area contributed by atoms with Crippen molar-refractivity contribution in [1.29, 1.82) is 0 Å². The summed E-state index contributed by atoms with van der Waals surface area (Å²) in [6.07, 6.45) is 25.3. The number of hydrogen-bond acceptors (Lipinski definition) is 4. The molecule has 1 aliphatic carbocycles. The molecule has 0 radical (unpaired) electrons. The first-order valence-electron chi connectivity index (χ1n) is 17.4. The van der Waals surface area contributed by atoms with Gasteiger partial charge in [-0.05, 0) is 79.6 Å². The average molecular weight is 579 g/mol. The van der Waals surface area contributed by atoms with Crippen LogP contribution in [0.25, 0.3) is 0 Å². The summed E-state index contributed by atoms with van der Waals surface area (Å²) in [5, 5.41) is 0. The lowest BCUT2D eigenvalue weighted by Crippen LogP contribution is -2.15.